The average molecular weight is 227 g/mol. The van der Waals surface area contributed by atoms with Crippen molar-refractivity contribution in [3.8, 4) is 6.07 Å². The molecule has 1 aromatic rings. The molecule has 1 aliphatic rings. The molecule has 0 bridgehead atoms. The van der Waals surface area contributed by atoms with Gasteiger partial charge in [0.2, 0.25) is 0 Å². The van der Waals surface area contributed by atoms with E-state index in [-0.39, 0.29) is 12.5 Å². The smallest absolute Gasteiger partial charge is 0.256 e. The van der Waals surface area contributed by atoms with Gasteiger partial charge in [0.05, 0.1) is 18.2 Å². The predicted octanol–water partition coefficient (Wildman–Crippen LogP) is 1.61. The first-order valence-electron chi connectivity index (χ1n) is 5.29. The van der Waals surface area contributed by atoms with E-state index < -0.39 is 0 Å². The Balaban J connectivity index is 2.36. The van der Waals surface area contributed by atoms with E-state index in [1.54, 1.807) is 11.0 Å². The summed E-state index contributed by atoms with van der Waals surface area (Å²) in [5.74, 6) is -0.113. The van der Waals surface area contributed by atoms with Gasteiger partial charge in [0.1, 0.15) is 0 Å². The molecule has 86 valence electrons. The number of carbonyl (C=O) groups excluding carboxylic acids is 1. The molecule has 0 saturated carbocycles. The van der Waals surface area contributed by atoms with Crippen LogP contribution in [-0.2, 0) is 6.54 Å². The average Bonchev–Trinajstić information content (AvgIpc) is 2.63. The number of amides is 1. The van der Waals surface area contributed by atoms with E-state index >= 15 is 0 Å². The predicted molar refractivity (Wildman–Crippen MR) is 65.1 cm³/mol. The molecule has 0 aromatic heterocycles. The molecule has 0 saturated heterocycles. The summed E-state index contributed by atoms with van der Waals surface area (Å²) in [5.41, 5.74) is 9.29. The molecule has 0 aliphatic carbocycles. The SMILES string of the molecule is C=C(C#N)CN1Cc2c(C)ccc(N)c2C1=O. The van der Waals surface area contributed by atoms with Gasteiger partial charge in [0, 0.05) is 17.8 Å². The molecule has 4 nitrogen and oxygen atoms in total. The Labute approximate surface area is 99.9 Å². The van der Waals surface area contributed by atoms with Gasteiger partial charge < -0.3 is 10.6 Å². The quantitative estimate of drug-likeness (QED) is 0.616. The van der Waals surface area contributed by atoms with E-state index in [1.165, 1.54) is 0 Å². The summed E-state index contributed by atoms with van der Waals surface area (Å²) in [6, 6.07) is 5.60. The highest BCUT2D eigenvalue weighted by atomic mass is 16.2. The first-order valence-corrected chi connectivity index (χ1v) is 5.29. The van der Waals surface area contributed by atoms with Crippen molar-refractivity contribution in [3.05, 3.63) is 41.0 Å². The first kappa shape index (κ1) is 11.2. The van der Waals surface area contributed by atoms with Crippen LogP contribution in [-0.4, -0.2) is 17.4 Å². The van der Waals surface area contributed by atoms with E-state index in [2.05, 4.69) is 6.58 Å². The molecule has 0 fully saturated rings. The highest BCUT2D eigenvalue weighted by molar-refractivity contribution is 6.03. The number of benzene rings is 1. The number of nitrogens with two attached hydrogens (primary N) is 1. The zero-order valence-corrected chi connectivity index (χ0v) is 9.66. The zero-order valence-electron chi connectivity index (χ0n) is 9.66. The largest absolute Gasteiger partial charge is 0.398 e. The van der Waals surface area contributed by atoms with Gasteiger partial charge in [0.25, 0.3) is 5.91 Å². The lowest BCUT2D eigenvalue weighted by molar-refractivity contribution is 0.0794. The number of nitrogens with zero attached hydrogens (tertiary/aromatic N) is 2. The van der Waals surface area contributed by atoms with Gasteiger partial charge in [-0.1, -0.05) is 12.6 Å². The highest BCUT2D eigenvalue weighted by Gasteiger charge is 2.30. The molecule has 4 heteroatoms. The fraction of sp³-hybridized carbons (Fsp3) is 0.231. The van der Waals surface area contributed by atoms with Crippen molar-refractivity contribution in [2.75, 3.05) is 12.3 Å². The number of rotatable bonds is 2. The van der Waals surface area contributed by atoms with E-state index in [1.807, 2.05) is 19.1 Å². The molecule has 1 amide bonds. The normalized spacial score (nSPS) is 13.4. The van der Waals surface area contributed by atoms with Gasteiger partial charge in [-0.15, -0.1) is 0 Å². The maximum Gasteiger partial charge on any atom is 0.256 e. The molecular weight excluding hydrogens is 214 g/mol. The lowest BCUT2D eigenvalue weighted by Gasteiger charge is -2.13. The second kappa shape index (κ2) is 3.95. The minimum Gasteiger partial charge on any atom is -0.398 e. The first-order chi connectivity index (χ1) is 8.04. The standard InChI is InChI=1S/C13H13N3O/c1-8(5-14)6-16-7-10-9(2)3-4-11(15)12(10)13(16)17/h3-4H,1,6-7,15H2,2H3. The maximum absolute atomic E-state index is 12.1. The minimum atomic E-state index is -0.113. The molecule has 0 radical (unpaired) electrons. The number of nitrogen functional groups attached to an aromatic ring is 1. The zero-order chi connectivity index (χ0) is 12.6. The molecule has 1 aromatic carbocycles. The number of nitriles is 1. The Bertz CT molecular complexity index is 555. The summed E-state index contributed by atoms with van der Waals surface area (Å²) in [4.78, 5) is 13.7. The number of carbonyl (C=O) groups is 1. The van der Waals surface area contributed by atoms with E-state index in [0.29, 0.717) is 23.4 Å². The van der Waals surface area contributed by atoms with Crippen LogP contribution in [0, 0.1) is 18.3 Å². The van der Waals surface area contributed by atoms with Gasteiger partial charge in [-0.25, -0.2) is 0 Å². The minimum absolute atomic E-state index is 0.113. The van der Waals surface area contributed by atoms with Crippen LogP contribution < -0.4 is 5.73 Å². The van der Waals surface area contributed by atoms with Crippen LogP contribution in [0.5, 0.6) is 0 Å². The van der Waals surface area contributed by atoms with Gasteiger partial charge in [-0.05, 0) is 24.1 Å². The lowest BCUT2D eigenvalue weighted by atomic mass is 10.0. The Kier molecular flexibility index (Phi) is 2.60. The van der Waals surface area contributed by atoms with Crippen molar-refractivity contribution >= 4 is 11.6 Å². The van der Waals surface area contributed by atoms with Crippen LogP contribution in [0.1, 0.15) is 21.5 Å². The molecular formula is C13H13N3O. The Morgan fingerprint density at radius 1 is 1.65 bits per heavy atom. The maximum atomic E-state index is 12.1. The van der Waals surface area contributed by atoms with E-state index in [4.69, 9.17) is 11.0 Å². The van der Waals surface area contributed by atoms with Crippen LogP contribution in [0.4, 0.5) is 5.69 Å². The van der Waals surface area contributed by atoms with Crippen molar-refractivity contribution in [2.24, 2.45) is 0 Å². The molecule has 0 spiro atoms. The lowest BCUT2D eigenvalue weighted by Crippen LogP contribution is -2.26. The monoisotopic (exact) mass is 227 g/mol. The third kappa shape index (κ3) is 1.76. The van der Waals surface area contributed by atoms with Crippen molar-refractivity contribution in [1.82, 2.24) is 4.90 Å². The topological polar surface area (TPSA) is 70.1 Å². The number of anilines is 1. The molecule has 1 heterocycles. The summed E-state index contributed by atoms with van der Waals surface area (Å²) in [5, 5.41) is 8.70. The summed E-state index contributed by atoms with van der Waals surface area (Å²) in [6.45, 7) is 6.32. The van der Waals surface area contributed by atoms with Gasteiger partial charge in [0.15, 0.2) is 0 Å². The second-order valence-electron chi connectivity index (χ2n) is 4.20. The number of hydrogen-bond donors (Lipinski definition) is 1. The second-order valence-corrected chi connectivity index (χ2v) is 4.20. The van der Waals surface area contributed by atoms with Crippen molar-refractivity contribution < 1.29 is 4.79 Å². The number of hydrogen-bond acceptors (Lipinski definition) is 3. The van der Waals surface area contributed by atoms with Gasteiger partial charge >= 0.3 is 0 Å². The van der Waals surface area contributed by atoms with E-state index in [9.17, 15) is 4.79 Å². The fourth-order valence-corrected chi connectivity index (χ4v) is 2.04. The fourth-order valence-electron chi connectivity index (χ4n) is 2.04. The number of fused-ring (bicyclic) bond motifs is 1. The molecule has 0 atom stereocenters. The summed E-state index contributed by atoms with van der Waals surface area (Å²) in [6.07, 6.45) is 0. The molecule has 2 rings (SSSR count). The third-order valence-corrected chi connectivity index (χ3v) is 2.97. The summed E-state index contributed by atoms with van der Waals surface area (Å²) in [7, 11) is 0. The Morgan fingerprint density at radius 3 is 2.94 bits per heavy atom. The van der Waals surface area contributed by atoms with Crippen LogP contribution in [0.25, 0.3) is 0 Å². The van der Waals surface area contributed by atoms with Gasteiger partial charge in [-0.3, -0.25) is 4.79 Å². The van der Waals surface area contributed by atoms with Crippen LogP contribution in [0.15, 0.2) is 24.3 Å². The Morgan fingerprint density at radius 2 is 2.35 bits per heavy atom. The van der Waals surface area contributed by atoms with Gasteiger partial charge in [-0.2, -0.15) is 5.26 Å². The van der Waals surface area contributed by atoms with Crippen molar-refractivity contribution in [3.63, 3.8) is 0 Å². The van der Waals surface area contributed by atoms with Crippen LogP contribution in [0.2, 0.25) is 0 Å². The highest BCUT2D eigenvalue weighted by Crippen LogP contribution is 2.30. The third-order valence-electron chi connectivity index (χ3n) is 2.97. The molecule has 0 unspecified atom stereocenters. The Hall–Kier alpha value is -2.28. The number of aryl methyl sites for hydroxylation is 1. The summed E-state index contributed by atoms with van der Waals surface area (Å²) < 4.78 is 0. The molecule has 17 heavy (non-hydrogen) atoms. The molecule has 2 N–H and O–H groups in total. The van der Waals surface area contributed by atoms with Crippen LogP contribution in [0.3, 0.4) is 0 Å². The molecule has 1 aliphatic heterocycles. The van der Waals surface area contributed by atoms with Crippen molar-refractivity contribution in [2.45, 2.75) is 13.5 Å². The van der Waals surface area contributed by atoms with Crippen LogP contribution >= 0.6 is 0 Å². The summed E-state index contributed by atoms with van der Waals surface area (Å²) >= 11 is 0. The van der Waals surface area contributed by atoms with Crippen molar-refractivity contribution in [1.29, 1.82) is 5.26 Å². The van der Waals surface area contributed by atoms with E-state index in [0.717, 1.165) is 11.1 Å².